The molecule has 1 fully saturated rings. The second kappa shape index (κ2) is 4.72. The van der Waals surface area contributed by atoms with Gasteiger partial charge in [-0.15, -0.1) is 0 Å². The zero-order valence-corrected chi connectivity index (χ0v) is 10.0. The van der Waals surface area contributed by atoms with Gasteiger partial charge in [0.2, 0.25) is 0 Å². The van der Waals surface area contributed by atoms with Gasteiger partial charge in [-0.3, -0.25) is 4.79 Å². The fraction of sp³-hybridized carbons (Fsp3) is 0.818. The Morgan fingerprint density at radius 3 is 2.44 bits per heavy atom. The van der Waals surface area contributed by atoms with Crippen LogP contribution in [0.4, 0.5) is 4.79 Å². The van der Waals surface area contributed by atoms with Gasteiger partial charge in [0.1, 0.15) is 0 Å². The van der Waals surface area contributed by atoms with E-state index in [1.165, 1.54) is 6.42 Å². The lowest BCUT2D eigenvalue weighted by molar-refractivity contribution is -0.138. The number of carboxylic acids is 1. The zero-order chi connectivity index (χ0) is 12.3. The fourth-order valence-electron chi connectivity index (χ4n) is 1.68. The summed E-state index contributed by atoms with van der Waals surface area (Å²) in [5.41, 5.74) is -0.717. The van der Waals surface area contributed by atoms with Crippen molar-refractivity contribution in [2.24, 2.45) is 11.8 Å². The van der Waals surface area contributed by atoms with Crippen LogP contribution in [0.2, 0.25) is 0 Å². The molecule has 0 bridgehead atoms. The van der Waals surface area contributed by atoms with Crippen LogP contribution < -0.4 is 10.6 Å². The van der Waals surface area contributed by atoms with Gasteiger partial charge in [0, 0.05) is 12.1 Å². The van der Waals surface area contributed by atoms with Crippen molar-refractivity contribution in [3.05, 3.63) is 0 Å². The molecule has 5 heteroatoms. The molecule has 2 unspecified atom stereocenters. The number of hydrogen-bond acceptors (Lipinski definition) is 2. The second-order valence-corrected chi connectivity index (χ2v) is 5.26. The van der Waals surface area contributed by atoms with Gasteiger partial charge >= 0.3 is 12.0 Å². The average Bonchev–Trinajstić information content (AvgIpc) is 2.75. The van der Waals surface area contributed by atoms with Crippen LogP contribution in [0.3, 0.4) is 0 Å². The fourth-order valence-corrected chi connectivity index (χ4v) is 1.68. The number of nitrogens with one attached hydrogen (secondary N) is 2. The van der Waals surface area contributed by atoms with E-state index in [1.54, 1.807) is 13.8 Å². The molecule has 1 saturated carbocycles. The highest BCUT2D eigenvalue weighted by Gasteiger charge is 2.33. The first kappa shape index (κ1) is 12.8. The van der Waals surface area contributed by atoms with E-state index in [9.17, 15) is 9.59 Å². The van der Waals surface area contributed by atoms with Gasteiger partial charge < -0.3 is 15.7 Å². The Morgan fingerprint density at radius 1 is 1.44 bits per heavy atom. The average molecular weight is 228 g/mol. The molecule has 1 rings (SSSR count). The Morgan fingerprint density at radius 2 is 2.00 bits per heavy atom. The molecule has 0 aromatic heterocycles. The van der Waals surface area contributed by atoms with E-state index in [0.717, 1.165) is 0 Å². The molecule has 0 aromatic rings. The van der Waals surface area contributed by atoms with Crippen molar-refractivity contribution in [1.29, 1.82) is 0 Å². The van der Waals surface area contributed by atoms with Crippen LogP contribution in [0.5, 0.6) is 0 Å². The summed E-state index contributed by atoms with van der Waals surface area (Å²) >= 11 is 0. The summed E-state index contributed by atoms with van der Waals surface area (Å²) < 4.78 is 0. The first-order valence-electron chi connectivity index (χ1n) is 5.58. The van der Waals surface area contributed by atoms with Gasteiger partial charge in [-0.05, 0) is 32.1 Å². The Balaban J connectivity index is 2.24. The number of aliphatic carboxylic acids is 1. The molecule has 1 aliphatic carbocycles. The van der Waals surface area contributed by atoms with Crippen LogP contribution in [0.15, 0.2) is 0 Å². The first-order valence-corrected chi connectivity index (χ1v) is 5.58. The van der Waals surface area contributed by atoms with Crippen LogP contribution in [0.1, 0.15) is 33.6 Å². The molecule has 0 spiro atoms. The molecular formula is C11H20N2O3. The molecule has 16 heavy (non-hydrogen) atoms. The smallest absolute Gasteiger partial charge is 0.315 e. The van der Waals surface area contributed by atoms with Gasteiger partial charge in [0.15, 0.2) is 0 Å². The minimum absolute atomic E-state index is 0.0831. The van der Waals surface area contributed by atoms with Crippen LogP contribution in [0, 0.1) is 11.8 Å². The van der Waals surface area contributed by atoms with E-state index < -0.39 is 11.5 Å². The molecule has 5 nitrogen and oxygen atoms in total. The second-order valence-electron chi connectivity index (χ2n) is 5.26. The monoisotopic (exact) mass is 228 g/mol. The quantitative estimate of drug-likeness (QED) is 0.661. The molecule has 2 amide bonds. The first-order chi connectivity index (χ1) is 7.30. The zero-order valence-electron chi connectivity index (χ0n) is 10.0. The molecule has 92 valence electrons. The molecule has 3 N–H and O–H groups in total. The Hall–Kier alpha value is -1.26. The van der Waals surface area contributed by atoms with Gasteiger partial charge in [-0.2, -0.15) is 0 Å². The molecule has 0 radical (unpaired) electrons. The van der Waals surface area contributed by atoms with Crippen LogP contribution in [-0.2, 0) is 4.79 Å². The lowest BCUT2D eigenvalue weighted by Gasteiger charge is -2.24. The van der Waals surface area contributed by atoms with E-state index >= 15 is 0 Å². The topological polar surface area (TPSA) is 78.4 Å². The number of urea groups is 1. The van der Waals surface area contributed by atoms with E-state index in [2.05, 4.69) is 17.6 Å². The van der Waals surface area contributed by atoms with Crippen molar-refractivity contribution in [2.75, 3.05) is 6.54 Å². The van der Waals surface area contributed by atoms with Crippen molar-refractivity contribution in [1.82, 2.24) is 10.6 Å². The van der Waals surface area contributed by atoms with Gasteiger partial charge in [-0.1, -0.05) is 6.92 Å². The third kappa shape index (κ3) is 4.51. The summed E-state index contributed by atoms with van der Waals surface area (Å²) in [4.78, 5) is 22.0. The summed E-state index contributed by atoms with van der Waals surface area (Å²) in [5, 5.41) is 14.1. The van der Waals surface area contributed by atoms with Crippen molar-refractivity contribution >= 4 is 12.0 Å². The summed E-state index contributed by atoms with van der Waals surface area (Å²) in [6.07, 6.45) is 1.08. The van der Waals surface area contributed by atoms with Crippen LogP contribution in [-0.4, -0.2) is 29.2 Å². The maximum atomic E-state index is 11.5. The largest absolute Gasteiger partial charge is 0.481 e. The summed E-state index contributed by atoms with van der Waals surface area (Å²) in [7, 11) is 0. The normalized spacial score (nSPS) is 23.7. The molecule has 1 aliphatic rings. The molecule has 0 aliphatic heterocycles. The van der Waals surface area contributed by atoms with Gasteiger partial charge in [-0.25, -0.2) is 4.79 Å². The number of carboxylic acid groups (broad SMARTS) is 1. The minimum Gasteiger partial charge on any atom is -0.481 e. The molecule has 0 heterocycles. The van der Waals surface area contributed by atoms with Crippen molar-refractivity contribution in [3.63, 3.8) is 0 Å². The summed E-state index contributed by atoms with van der Waals surface area (Å²) in [6.45, 7) is 6.22. The summed E-state index contributed by atoms with van der Waals surface area (Å²) in [5.74, 6) is 0.377. The maximum Gasteiger partial charge on any atom is 0.315 e. The third-order valence-corrected chi connectivity index (χ3v) is 2.85. The van der Waals surface area contributed by atoms with Crippen molar-refractivity contribution in [2.45, 2.75) is 39.2 Å². The van der Waals surface area contributed by atoms with Gasteiger partial charge in [0.05, 0.1) is 6.42 Å². The molecule has 2 atom stereocenters. The van der Waals surface area contributed by atoms with E-state index in [-0.39, 0.29) is 12.5 Å². The third-order valence-electron chi connectivity index (χ3n) is 2.85. The predicted octanol–water partition coefficient (Wildman–Crippen LogP) is 1.19. The Labute approximate surface area is 95.6 Å². The minimum atomic E-state index is -0.916. The number of rotatable bonds is 5. The molecule has 0 saturated heterocycles. The predicted molar refractivity (Wildman–Crippen MR) is 60.1 cm³/mol. The van der Waals surface area contributed by atoms with Crippen molar-refractivity contribution < 1.29 is 14.7 Å². The number of hydrogen-bond donors (Lipinski definition) is 3. The highest BCUT2D eigenvalue weighted by molar-refractivity contribution is 5.76. The molecule has 0 aromatic carbocycles. The van der Waals surface area contributed by atoms with Crippen LogP contribution >= 0.6 is 0 Å². The number of carbonyl (C=O) groups excluding carboxylic acids is 1. The highest BCUT2D eigenvalue weighted by Crippen LogP contribution is 2.36. The lowest BCUT2D eigenvalue weighted by atomic mass is 10.0. The highest BCUT2D eigenvalue weighted by atomic mass is 16.4. The lowest BCUT2D eigenvalue weighted by Crippen LogP contribution is -2.49. The van der Waals surface area contributed by atoms with Crippen molar-refractivity contribution in [3.8, 4) is 0 Å². The van der Waals surface area contributed by atoms with E-state index in [0.29, 0.717) is 18.4 Å². The van der Waals surface area contributed by atoms with E-state index in [4.69, 9.17) is 5.11 Å². The standard InChI is InChI=1S/C11H20N2O3/c1-7-4-8(7)6-12-10(16)13-11(2,3)5-9(14)15/h7-8H,4-6H2,1-3H3,(H,14,15)(H2,12,13,16). The number of amides is 2. The Bertz CT molecular complexity index is 289. The molecular weight excluding hydrogens is 208 g/mol. The Kier molecular flexibility index (Phi) is 3.78. The number of carbonyl (C=O) groups is 2. The van der Waals surface area contributed by atoms with Gasteiger partial charge in [0.25, 0.3) is 0 Å². The van der Waals surface area contributed by atoms with E-state index in [1.807, 2.05) is 0 Å². The SMILES string of the molecule is CC1CC1CNC(=O)NC(C)(C)CC(=O)O. The summed E-state index contributed by atoms with van der Waals surface area (Å²) in [6, 6.07) is -0.287. The maximum absolute atomic E-state index is 11.5. The van der Waals surface area contributed by atoms with Crippen LogP contribution in [0.25, 0.3) is 0 Å².